The van der Waals surface area contributed by atoms with Crippen LogP contribution in [0.2, 0.25) is 0 Å². The van der Waals surface area contributed by atoms with E-state index in [1.807, 2.05) is 24.3 Å². The SMILES string of the molecule is COc1cccc(Br)c1.[Cl-].[Li+]. The fourth-order valence-corrected chi connectivity index (χ4v) is 0.972. The first-order chi connectivity index (χ1) is 4.33. The summed E-state index contributed by atoms with van der Waals surface area (Å²) in [6, 6.07) is 7.72. The molecule has 0 atom stereocenters. The molecular weight excluding hydrogens is 222 g/mol. The quantitative estimate of drug-likeness (QED) is 0.454. The Hall–Kier alpha value is 0.387. The summed E-state index contributed by atoms with van der Waals surface area (Å²) in [6.07, 6.45) is 0. The Morgan fingerprint density at radius 3 is 2.36 bits per heavy atom. The van der Waals surface area contributed by atoms with E-state index in [4.69, 9.17) is 4.74 Å². The van der Waals surface area contributed by atoms with E-state index < -0.39 is 0 Å². The average Bonchev–Trinajstić information content (AvgIpc) is 1.88. The molecule has 0 aliphatic carbocycles. The summed E-state index contributed by atoms with van der Waals surface area (Å²) in [5.41, 5.74) is 0. The Morgan fingerprint density at radius 2 is 2.00 bits per heavy atom. The van der Waals surface area contributed by atoms with E-state index >= 15 is 0 Å². The number of methoxy groups -OCH3 is 1. The van der Waals surface area contributed by atoms with Crippen molar-refractivity contribution in [3.8, 4) is 5.75 Å². The van der Waals surface area contributed by atoms with Crippen molar-refractivity contribution in [2.24, 2.45) is 0 Å². The zero-order valence-corrected chi connectivity index (χ0v) is 8.82. The molecule has 0 amide bonds. The number of halogens is 2. The molecule has 0 spiro atoms. The van der Waals surface area contributed by atoms with Crippen molar-refractivity contribution in [3.05, 3.63) is 28.7 Å². The molecule has 0 radical (unpaired) electrons. The minimum Gasteiger partial charge on any atom is -1.00 e. The second-order valence-corrected chi connectivity index (χ2v) is 2.58. The van der Waals surface area contributed by atoms with Crippen LogP contribution in [0.25, 0.3) is 0 Å². The van der Waals surface area contributed by atoms with Gasteiger partial charge in [0.1, 0.15) is 5.75 Å². The predicted octanol–water partition coefficient (Wildman–Crippen LogP) is -3.53. The van der Waals surface area contributed by atoms with Gasteiger partial charge in [0.15, 0.2) is 0 Å². The first-order valence-corrected chi connectivity index (χ1v) is 3.42. The Balaban J connectivity index is 0. The smallest absolute Gasteiger partial charge is 1.00 e. The van der Waals surface area contributed by atoms with Gasteiger partial charge in [-0.15, -0.1) is 0 Å². The fraction of sp³-hybridized carbons (Fsp3) is 0.143. The summed E-state index contributed by atoms with van der Waals surface area (Å²) in [6.45, 7) is 0. The van der Waals surface area contributed by atoms with Crippen LogP contribution in [0.4, 0.5) is 0 Å². The summed E-state index contributed by atoms with van der Waals surface area (Å²) in [5.74, 6) is 0.879. The molecule has 1 rings (SSSR count). The van der Waals surface area contributed by atoms with Gasteiger partial charge in [-0.1, -0.05) is 22.0 Å². The van der Waals surface area contributed by atoms with Gasteiger partial charge in [-0.05, 0) is 18.2 Å². The maximum atomic E-state index is 4.96. The Kier molecular flexibility index (Phi) is 8.95. The first-order valence-electron chi connectivity index (χ1n) is 2.62. The summed E-state index contributed by atoms with van der Waals surface area (Å²) in [4.78, 5) is 0. The molecule has 11 heavy (non-hydrogen) atoms. The van der Waals surface area contributed by atoms with Crippen LogP contribution in [-0.4, -0.2) is 7.11 Å². The standard InChI is InChI=1S/C7H7BrO.ClH.Li/c1-9-7-4-2-3-6(8)5-7;;/h2-5H,1H3;1H;/q;;+1/p-1. The molecule has 56 valence electrons. The third kappa shape index (κ3) is 4.76. The van der Waals surface area contributed by atoms with Crippen molar-refractivity contribution in [2.45, 2.75) is 0 Å². The second kappa shape index (κ2) is 7.06. The van der Waals surface area contributed by atoms with Crippen molar-refractivity contribution in [3.63, 3.8) is 0 Å². The molecule has 0 fully saturated rings. The van der Waals surface area contributed by atoms with Gasteiger partial charge in [-0.2, -0.15) is 0 Å². The van der Waals surface area contributed by atoms with Crippen LogP contribution in [0.5, 0.6) is 5.75 Å². The minimum absolute atomic E-state index is 0. The fourth-order valence-electron chi connectivity index (χ4n) is 0.594. The molecule has 0 bridgehead atoms. The van der Waals surface area contributed by atoms with Crippen LogP contribution in [-0.2, 0) is 0 Å². The Bertz CT molecular complexity index is 207. The molecular formula is C7H7BrClLiO. The molecule has 1 nitrogen and oxygen atoms in total. The van der Waals surface area contributed by atoms with Gasteiger partial charge in [-0.3, -0.25) is 0 Å². The van der Waals surface area contributed by atoms with Crippen LogP contribution in [0, 0.1) is 0 Å². The first kappa shape index (κ1) is 13.9. The number of hydrogen-bond donors (Lipinski definition) is 0. The van der Waals surface area contributed by atoms with Gasteiger partial charge in [0, 0.05) is 4.47 Å². The van der Waals surface area contributed by atoms with Gasteiger partial charge in [0.05, 0.1) is 7.11 Å². The molecule has 0 N–H and O–H groups in total. The molecule has 0 saturated heterocycles. The topological polar surface area (TPSA) is 9.23 Å². The summed E-state index contributed by atoms with van der Waals surface area (Å²) in [5, 5.41) is 0. The maximum absolute atomic E-state index is 4.96. The van der Waals surface area contributed by atoms with Crippen molar-refractivity contribution in [1.29, 1.82) is 0 Å². The number of rotatable bonds is 1. The molecule has 0 aliphatic rings. The van der Waals surface area contributed by atoms with Crippen LogP contribution >= 0.6 is 15.9 Å². The van der Waals surface area contributed by atoms with Crippen LogP contribution in [0.1, 0.15) is 0 Å². The van der Waals surface area contributed by atoms with Gasteiger partial charge in [-0.25, -0.2) is 0 Å². The van der Waals surface area contributed by atoms with Crippen LogP contribution < -0.4 is 36.0 Å². The van der Waals surface area contributed by atoms with Gasteiger partial charge in [0.2, 0.25) is 0 Å². The van der Waals surface area contributed by atoms with E-state index in [2.05, 4.69) is 15.9 Å². The molecule has 0 aromatic heterocycles. The molecule has 1 aromatic carbocycles. The largest absolute Gasteiger partial charge is 1.00 e. The summed E-state index contributed by atoms with van der Waals surface area (Å²) >= 11 is 3.32. The van der Waals surface area contributed by atoms with E-state index in [0.29, 0.717) is 0 Å². The third-order valence-electron chi connectivity index (χ3n) is 1.03. The zero-order valence-electron chi connectivity index (χ0n) is 6.47. The molecule has 0 heterocycles. The van der Waals surface area contributed by atoms with Crippen LogP contribution in [0.15, 0.2) is 28.7 Å². The molecule has 0 unspecified atom stereocenters. The second-order valence-electron chi connectivity index (χ2n) is 1.66. The Morgan fingerprint density at radius 1 is 1.36 bits per heavy atom. The molecule has 1 aromatic rings. The molecule has 0 aliphatic heterocycles. The normalized spacial score (nSPS) is 7.45. The maximum Gasteiger partial charge on any atom is 1.00 e. The van der Waals surface area contributed by atoms with E-state index in [1.165, 1.54) is 0 Å². The van der Waals surface area contributed by atoms with E-state index in [1.54, 1.807) is 7.11 Å². The van der Waals surface area contributed by atoms with Crippen molar-refractivity contribution in [1.82, 2.24) is 0 Å². The van der Waals surface area contributed by atoms with E-state index in [-0.39, 0.29) is 31.3 Å². The van der Waals surface area contributed by atoms with Crippen LogP contribution in [0.3, 0.4) is 0 Å². The summed E-state index contributed by atoms with van der Waals surface area (Å²) < 4.78 is 6.01. The van der Waals surface area contributed by atoms with E-state index in [0.717, 1.165) is 10.2 Å². The minimum atomic E-state index is 0. The average molecular weight is 229 g/mol. The monoisotopic (exact) mass is 228 g/mol. The van der Waals surface area contributed by atoms with Gasteiger partial charge < -0.3 is 17.1 Å². The Labute approximate surface area is 93.2 Å². The zero-order chi connectivity index (χ0) is 6.69. The molecule has 0 saturated carbocycles. The van der Waals surface area contributed by atoms with Crippen molar-refractivity contribution in [2.75, 3.05) is 7.11 Å². The van der Waals surface area contributed by atoms with E-state index in [9.17, 15) is 0 Å². The van der Waals surface area contributed by atoms with Gasteiger partial charge in [0.25, 0.3) is 0 Å². The predicted molar refractivity (Wildman–Crippen MR) is 40.7 cm³/mol. The third-order valence-corrected chi connectivity index (χ3v) is 1.53. The summed E-state index contributed by atoms with van der Waals surface area (Å²) in [7, 11) is 1.65. The number of benzene rings is 1. The number of ether oxygens (including phenoxy) is 1. The van der Waals surface area contributed by atoms with Crippen molar-refractivity contribution >= 4 is 15.9 Å². The van der Waals surface area contributed by atoms with Crippen molar-refractivity contribution < 1.29 is 36.0 Å². The molecule has 4 heteroatoms. The van der Waals surface area contributed by atoms with Gasteiger partial charge >= 0.3 is 18.9 Å². The number of hydrogen-bond acceptors (Lipinski definition) is 1.